The molecule has 1 aromatic rings. The molecule has 114 valence electrons. The van der Waals surface area contributed by atoms with Crippen molar-refractivity contribution >= 4 is 11.3 Å². The summed E-state index contributed by atoms with van der Waals surface area (Å²) < 4.78 is 0. The zero-order valence-electron chi connectivity index (χ0n) is 13.6. The summed E-state index contributed by atoms with van der Waals surface area (Å²) in [6, 6.07) is 5.60. The van der Waals surface area contributed by atoms with Gasteiger partial charge in [-0.1, -0.05) is 26.8 Å². The molecule has 1 fully saturated rings. The predicted molar refractivity (Wildman–Crippen MR) is 89.3 cm³/mol. The molecule has 20 heavy (non-hydrogen) atoms. The van der Waals surface area contributed by atoms with Crippen molar-refractivity contribution in [1.82, 2.24) is 10.2 Å². The molecule has 1 saturated carbocycles. The van der Waals surface area contributed by atoms with Crippen molar-refractivity contribution in [2.45, 2.75) is 52.6 Å². The van der Waals surface area contributed by atoms with Crippen LogP contribution in [0.2, 0.25) is 0 Å². The Bertz CT molecular complexity index is 399. The summed E-state index contributed by atoms with van der Waals surface area (Å²) in [5.41, 5.74) is 0.438. The highest BCUT2D eigenvalue weighted by Gasteiger charge is 2.41. The van der Waals surface area contributed by atoms with Crippen LogP contribution in [-0.2, 0) is 0 Å². The van der Waals surface area contributed by atoms with Gasteiger partial charge in [-0.25, -0.2) is 0 Å². The second-order valence-corrected chi connectivity index (χ2v) is 7.93. The molecule has 2 rings (SSSR count). The molecule has 0 saturated heterocycles. The van der Waals surface area contributed by atoms with Gasteiger partial charge in [-0.15, -0.1) is 11.3 Å². The Morgan fingerprint density at radius 2 is 2.25 bits per heavy atom. The summed E-state index contributed by atoms with van der Waals surface area (Å²) in [6.45, 7) is 11.7. The summed E-state index contributed by atoms with van der Waals surface area (Å²) in [6.07, 6.45) is 2.70. The first kappa shape index (κ1) is 16.0. The molecular weight excluding hydrogens is 264 g/mol. The fraction of sp³-hybridized carbons (Fsp3) is 0.765. The molecule has 1 aliphatic carbocycles. The van der Waals surface area contributed by atoms with E-state index in [2.05, 4.69) is 62.5 Å². The molecule has 0 amide bonds. The molecule has 1 N–H and O–H groups in total. The number of rotatable bonds is 6. The molecule has 3 atom stereocenters. The minimum Gasteiger partial charge on any atom is -0.313 e. The molecule has 0 radical (unpaired) electrons. The maximum absolute atomic E-state index is 3.74. The van der Waals surface area contributed by atoms with Crippen molar-refractivity contribution in [2.24, 2.45) is 11.3 Å². The summed E-state index contributed by atoms with van der Waals surface area (Å²) >= 11 is 1.87. The zero-order valence-corrected chi connectivity index (χ0v) is 14.5. The lowest BCUT2D eigenvalue weighted by Crippen LogP contribution is -2.45. The summed E-state index contributed by atoms with van der Waals surface area (Å²) in [5.74, 6) is 0.775. The van der Waals surface area contributed by atoms with Gasteiger partial charge in [0.05, 0.1) is 0 Å². The van der Waals surface area contributed by atoms with Gasteiger partial charge in [0.2, 0.25) is 0 Å². The van der Waals surface area contributed by atoms with E-state index >= 15 is 0 Å². The Morgan fingerprint density at radius 1 is 1.50 bits per heavy atom. The van der Waals surface area contributed by atoms with E-state index in [0.29, 0.717) is 17.5 Å². The van der Waals surface area contributed by atoms with E-state index in [9.17, 15) is 0 Å². The van der Waals surface area contributed by atoms with Gasteiger partial charge in [-0.2, -0.15) is 0 Å². The van der Waals surface area contributed by atoms with Crippen LogP contribution in [0.5, 0.6) is 0 Å². The van der Waals surface area contributed by atoms with Gasteiger partial charge in [0.1, 0.15) is 0 Å². The summed E-state index contributed by atoms with van der Waals surface area (Å²) in [4.78, 5) is 4.01. The Balaban J connectivity index is 1.98. The highest BCUT2D eigenvalue weighted by Crippen LogP contribution is 2.42. The minimum absolute atomic E-state index is 0.438. The van der Waals surface area contributed by atoms with Crippen molar-refractivity contribution in [3.05, 3.63) is 22.4 Å². The van der Waals surface area contributed by atoms with E-state index in [0.717, 1.165) is 12.5 Å². The zero-order chi connectivity index (χ0) is 14.8. The third kappa shape index (κ3) is 3.44. The molecule has 1 aliphatic rings. The third-order valence-corrected chi connectivity index (χ3v) is 6.08. The molecule has 0 spiro atoms. The Hall–Kier alpha value is -0.380. The molecule has 1 aromatic heterocycles. The Labute approximate surface area is 128 Å². The first-order chi connectivity index (χ1) is 9.45. The number of hydrogen-bond acceptors (Lipinski definition) is 3. The minimum atomic E-state index is 0.438. The number of hydrogen-bond donors (Lipinski definition) is 1. The molecule has 1 heterocycles. The van der Waals surface area contributed by atoms with E-state index in [-0.39, 0.29) is 0 Å². The van der Waals surface area contributed by atoms with Crippen LogP contribution < -0.4 is 5.32 Å². The van der Waals surface area contributed by atoms with Crippen LogP contribution in [-0.4, -0.2) is 31.1 Å². The molecular formula is C17H30N2S. The monoisotopic (exact) mass is 294 g/mol. The standard InChI is InChI=1S/C17H30N2S/c1-6-18-16-14(9-10-17(16,3)4)12-19(5)13(2)15-8-7-11-20-15/h7-8,11,13-14,16,18H,6,9-10,12H2,1-5H3. The second kappa shape index (κ2) is 6.59. The maximum atomic E-state index is 3.74. The first-order valence-electron chi connectivity index (χ1n) is 7.92. The highest BCUT2D eigenvalue weighted by molar-refractivity contribution is 7.10. The van der Waals surface area contributed by atoms with Crippen LogP contribution in [0.15, 0.2) is 17.5 Å². The van der Waals surface area contributed by atoms with Crippen molar-refractivity contribution in [3.63, 3.8) is 0 Å². The van der Waals surface area contributed by atoms with E-state index in [1.165, 1.54) is 24.3 Å². The smallest absolute Gasteiger partial charge is 0.0410 e. The fourth-order valence-corrected chi connectivity index (χ4v) is 4.50. The molecule has 0 aliphatic heterocycles. The van der Waals surface area contributed by atoms with Gasteiger partial charge < -0.3 is 5.32 Å². The van der Waals surface area contributed by atoms with E-state index in [1.807, 2.05) is 11.3 Å². The van der Waals surface area contributed by atoms with Crippen molar-refractivity contribution in [3.8, 4) is 0 Å². The predicted octanol–water partition coefficient (Wildman–Crippen LogP) is 4.16. The van der Waals surface area contributed by atoms with E-state index in [1.54, 1.807) is 0 Å². The summed E-state index contributed by atoms with van der Waals surface area (Å²) in [5, 5.41) is 5.92. The van der Waals surface area contributed by atoms with Crippen molar-refractivity contribution < 1.29 is 0 Å². The van der Waals surface area contributed by atoms with Crippen LogP contribution in [0.1, 0.15) is 51.5 Å². The van der Waals surface area contributed by atoms with Gasteiger partial charge in [0.25, 0.3) is 0 Å². The van der Waals surface area contributed by atoms with Crippen molar-refractivity contribution in [2.75, 3.05) is 20.1 Å². The molecule has 0 bridgehead atoms. The molecule has 3 unspecified atom stereocenters. The average Bonchev–Trinajstić information content (AvgIpc) is 3.01. The lowest BCUT2D eigenvalue weighted by atomic mass is 9.84. The summed E-state index contributed by atoms with van der Waals surface area (Å²) in [7, 11) is 2.28. The van der Waals surface area contributed by atoms with Gasteiger partial charge >= 0.3 is 0 Å². The topological polar surface area (TPSA) is 15.3 Å². The van der Waals surface area contributed by atoms with Crippen LogP contribution in [0.25, 0.3) is 0 Å². The van der Waals surface area contributed by atoms with Crippen LogP contribution in [0.3, 0.4) is 0 Å². The highest BCUT2D eigenvalue weighted by atomic mass is 32.1. The normalized spacial score (nSPS) is 27.1. The first-order valence-corrected chi connectivity index (χ1v) is 8.80. The lowest BCUT2D eigenvalue weighted by Gasteiger charge is -2.34. The van der Waals surface area contributed by atoms with Crippen LogP contribution in [0.4, 0.5) is 0 Å². The third-order valence-electron chi connectivity index (χ3n) is 5.04. The van der Waals surface area contributed by atoms with Crippen LogP contribution >= 0.6 is 11.3 Å². The van der Waals surface area contributed by atoms with Gasteiger partial charge in [-0.3, -0.25) is 4.90 Å². The Morgan fingerprint density at radius 3 is 2.85 bits per heavy atom. The van der Waals surface area contributed by atoms with Gasteiger partial charge in [0.15, 0.2) is 0 Å². The maximum Gasteiger partial charge on any atom is 0.0410 e. The van der Waals surface area contributed by atoms with Crippen LogP contribution in [0, 0.1) is 11.3 Å². The molecule has 3 heteroatoms. The Kier molecular flexibility index (Phi) is 5.27. The van der Waals surface area contributed by atoms with Gasteiger partial charge in [0, 0.05) is 23.5 Å². The average molecular weight is 295 g/mol. The fourth-order valence-electron chi connectivity index (χ4n) is 3.65. The SMILES string of the molecule is CCNC1C(CN(C)C(C)c2cccs2)CCC1(C)C. The molecule has 0 aromatic carbocycles. The number of nitrogens with zero attached hydrogens (tertiary/aromatic N) is 1. The largest absolute Gasteiger partial charge is 0.313 e. The lowest BCUT2D eigenvalue weighted by molar-refractivity contribution is 0.179. The van der Waals surface area contributed by atoms with Gasteiger partial charge in [-0.05, 0) is 56.1 Å². The van der Waals surface area contributed by atoms with E-state index < -0.39 is 0 Å². The second-order valence-electron chi connectivity index (χ2n) is 6.95. The quantitative estimate of drug-likeness (QED) is 0.847. The number of thiophene rings is 1. The van der Waals surface area contributed by atoms with Crippen molar-refractivity contribution in [1.29, 1.82) is 0 Å². The number of nitrogens with one attached hydrogen (secondary N) is 1. The molecule has 2 nitrogen and oxygen atoms in total. The van der Waals surface area contributed by atoms with E-state index in [4.69, 9.17) is 0 Å².